The molecular weight excluding hydrogens is 483 g/mol. The molecule has 38 heavy (non-hydrogen) atoms. The van der Waals surface area contributed by atoms with Crippen molar-refractivity contribution in [1.29, 1.82) is 0 Å². The first-order chi connectivity index (χ1) is 18.6. The van der Waals surface area contributed by atoms with Crippen LogP contribution in [0.2, 0.25) is 0 Å². The third kappa shape index (κ3) is 5.57. The number of hydrogen-bond acceptors (Lipinski definition) is 8. The molecule has 3 aliphatic heterocycles. The van der Waals surface area contributed by atoms with Gasteiger partial charge in [0.05, 0.1) is 35.7 Å². The zero-order valence-corrected chi connectivity index (χ0v) is 22.2. The molecule has 3 aliphatic rings. The van der Waals surface area contributed by atoms with Crippen LogP contribution < -0.4 is 5.32 Å². The standard InChI is InChI=1S/C28H37FN8O/c1-20-30-18-26(37(20)24-8-14-38-15-9-24)27-25(29)17-32-28(34-27)33-21-4-5-22(31-16-21)19-35-12-6-23(7-13-35)36-10-2-3-11-36/h4-5,16-18,23-24H,2-3,6-15,19H2,1H3,(H,32,33,34). The Bertz CT molecular complexity index is 1210. The van der Waals surface area contributed by atoms with Crippen LogP contribution in [0, 0.1) is 12.7 Å². The van der Waals surface area contributed by atoms with Crippen molar-refractivity contribution >= 4 is 11.6 Å². The lowest BCUT2D eigenvalue weighted by atomic mass is 10.0. The van der Waals surface area contributed by atoms with E-state index in [4.69, 9.17) is 4.74 Å². The number of pyridine rings is 1. The molecule has 3 saturated heterocycles. The van der Waals surface area contributed by atoms with E-state index in [1.165, 1.54) is 45.0 Å². The molecule has 1 N–H and O–H groups in total. The summed E-state index contributed by atoms with van der Waals surface area (Å²) in [7, 11) is 0. The lowest BCUT2D eigenvalue weighted by Gasteiger charge is -2.36. The van der Waals surface area contributed by atoms with E-state index in [0.717, 1.165) is 55.7 Å². The maximum absolute atomic E-state index is 14.9. The molecule has 0 unspecified atom stereocenters. The summed E-state index contributed by atoms with van der Waals surface area (Å²) < 4.78 is 22.5. The van der Waals surface area contributed by atoms with E-state index in [1.54, 1.807) is 12.4 Å². The van der Waals surface area contributed by atoms with Crippen molar-refractivity contribution in [3.8, 4) is 11.4 Å². The van der Waals surface area contributed by atoms with E-state index in [0.29, 0.717) is 24.9 Å². The summed E-state index contributed by atoms with van der Waals surface area (Å²) >= 11 is 0. The van der Waals surface area contributed by atoms with E-state index in [1.807, 2.05) is 19.1 Å². The molecule has 0 saturated carbocycles. The smallest absolute Gasteiger partial charge is 0.228 e. The molecule has 0 radical (unpaired) electrons. The maximum Gasteiger partial charge on any atom is 0.228 e. The fourth-order valence-corrected chi connectivity index (χ4v) is 6.14. The first kappa shape index (κ1) is 25.3. The number of aryl methyl sites for hydroxylation is 1. The Balaban J connectivity index is 1.10. The number of nitrogens with one attached hydrogen (secondary N) is 1. The van der Waals surface area contributed by atoms with Crippen LogP contribution in [-0.2, 0) is 11.3 Å². The molecule has 3 aromatic heterocycles. The Labute approximate surface area is 223 Å². The summed E-state index contributed by atoms with van der Waals surface area (Å²) in [5.74, 6) is 0.711. The third-order valence-electron chi connectivity index (χ3n) is 8.21. The fourth-order valence-electron chi connectivity index (χ4n) is 6.14. The molecule has 6 rings (SSSR count). The van der Waals surface area contributed by atoms with Gasteiger partial charge in [0.25, 0.3) is 0 Å². The second kappa shape index (κ2) is 11.4. The molecule has 10 heteroatoms. The quantitative estimate of drug-likeness (QED) is 0.493. The van der Waals surface area contributed by atoms with E-state index in [2.05, 4.69) is 39.6 Å². The largest absolute Gasteiger partial charge is 0.381 e. The van der Waals surface area contributed by atoms with Gasteiger partial charge in [0, 0.05) is 44.9 Å². The van der Waals surface area contributed by atoms with Gasteiger partial charge in [0.1, 0.15) is 11.5 Å². The molecule has 0 bridgehead atoms. The van der Waals surface area contributed by atoms with Crippen molar-refractivity contribution in [3.05, 3.63) is 48.1 Å². The monoisotopic (exact) mass is 520 g/mol. The van der Waals surface area contributed by atoms with Crippen LogP contribution in [-0.4, -0.2) is 79.7 Å². The summed E-state index contributed by atoms with van der Waals surface area (Å²) in [6.07, 6.45) is 11.7. The predicted octanol–water partition coefficient (Wildman–Crippen LogP) is 4.34. The predicted molar refractivity (Wildman–Crippen MR) is 144 cm³/mol. The van der Waals surface area contributed by atoms with Gasteiger partial charge in [-0.3, -0.25) is 9.88 Å². The van der Waals surface area contributed by atoms with Crippen LogP contribution in [0.3, 0.4) is 0 Å². The Morgan fingerprint density at radius 3 is 2.45 bits per heavy atom. The van der Waals surface area contributed by atoms with Gasteiger partial charge in [-0.25, -0.2) is 19.3 Å². The maximum atomic E-state index is 14.9. The van der Waals surface area contributed by atoms with Crippen LogP contribution in [0.15, 0.2) is 30.7 Å². The second-order valence-corrected chi connectivity index (χ2v) is 10.7. The lowest BCUT2D eigenvalue weighted by molar-refractivity contribution is 0.0694. The Hall–Kier alpha value is -2.95. The Kier molecular flexibility index (Phi) is 7.62. The molecule has 6 heterocycles. The number of rotatable bonds is 7. The summed E-state index contributed by atoms with van der Waals surface area (Å²) in [5, 5.41) is 3.19. The molecule has 0 aliphatic carbocycles. The van der Waals surface area contributed by atoms with Gasteiger partial charge < -0.3 is 19.5 Å². The summed E-state index contributed by atoms with van der Waals surface area (Å²) in [6, 6.07) is 5.01. The van der Waals surface area contributed by atoms with Gasteiger partial charge in [0.15, 0.2) is 5.82 Å². The second-order valence-electron chi connectivity index (χ2n) is 10.7. The van der Waals surface area contributed by atoms with Crippen LogP contribution >= 0.6 is 0 Å². The highest BCUT2D eigenvalue weighted by molar-refractivity contribution is 5.59. The molecule has 3 fully saturated rings. The topological polar surface area (TPSA) is 84.2 Å². The van der Waals surface area contributed by atoms with Gasteiger partial charge in [-0.1, -0.05) is 0 Å². The van der Waals surface area contributed by atoms with Gasteiger partial charge in [-0.2, -0.15) is 0 Å². The number of likely N-dealkylation sites (tertiary alicyclic amines) is 2. The van der Waals surface area contributed by atoms with E-state index in [9.17, 15) is 4.39 Å². The highest BCUT2D eigenvalue weighted by atomic mass is 19.1. The van der Waals surface area contributed by atoms with Crippen molar-refractivity contribution in [2.24, 2.45) is 0 Å². The highest BCUT2D eigenvalue weighted by Gasteiger charge is 2.27. The third-order valence-corrected chi connectivity index (χ3v) is 8.21. The molecule has 3 aromatic rings. The van der Waals surface area contributed by atoms with Crippen LogP contribution in [0.4, 0.5) is 16.0 Å². The number of ether oxygens (including phenoxy) is 1. The van der Waals surface area contributed by atoms with Crippen molar-refractivity contribution in [2.45, 2.75) is 64.1 Å². The zero-order chi connectivity index (χ0) is 25.9. The number of piperidine rings is 1. The van der Waals surface area contributed by atoms with E-state index >= 15 is 0 Å². The van der Waals surface area contributed by atoms with Gasteiger partial charge in [-0.05, 0) is 70.7 Å². The lowest BCUT2D eigenvalue weighted by Crippen LogP contribution is -2.43. The number of nitrogens with zero attached hydrogens (tertiary/aromatic N) is 7. The number of anilines is 2. The average Bonchev–Trinajstić information content (AvgIpc) is 3.62. The average molecular weight is 521 g/mol. The van der Waals surface area contributed by atoms with Crippen LogP contribution in [0.5, 0.6) is 0 Å². The normalized spacial score (nSPS) is 20.3. The minimum atomic E-state index is -0.467. The molecule has 0 aromatic carbocycles. The number of hydrogen-bond donors (Lipinski definition) is 1. The summed E-state index contributed by atoms with van der Waals surface area (Å²) in [6.45, 7) is 9.00. The number of halogens is 1. The number of aromatic nitrogens is 5. The fraction of sp³-hybridized carbons (Fsp3) is 0.571. The molecule has 202 valence electrons. The van der Waals surface area contributed by atoms with Crippen molar-refractivity contribution in [1.82, 2.24) is 34.3 Å². The molecular formula is C28H37FN8O. The van der Waals surface area contributed by atoms with E-state index < -0.39 is 5.82 Å². The summed E-state index contributed by atoms with van der Waals surface area (Å²) in [4.78, 5) is 23.0. The molecule has 0 amide bonds. The first-order valence-electron chi connectivity index (χ1n) is 14.0. The van der Waals surface area contributed by atoms with Gasteiger partial charge >= 0.3 is 0 Å². The Morgan fingerprint density at radius 1 is 0.921 bits per heavy atom. The van der Waals surface area contributed by atoms with Crippen LogP contribution in [0.1, 0.15) is 56.1 Å². The first-order valence-corrected chi connectivity index (χ1v) is 14.0. The minimum Gasteiger partial charge on any atom is -0.381 e. The van der Waals surface area contributed by atoms with Crippen molar-refractivity contribution in [3.63, 3.8) is 0 Å². The van der Waals surface area contributed by atoms with Gasteiger partial charge in [0.2, 0.25) is 5.95 Å². The zero-order valence-electron chi connectivity index (χ0n) is 22.2. The number of imidazole rings is 1. The molecule has 9 nitrogen and oxygen atoms in total. The highest BCUT2D eigenvalue weighted by Crippen LogP contribution is 2.31. The van der Waals surface area contributed by atoms with E-state index in [-0.39, 0.29) is 11.7 Å². The van der Waals surface area contributed by atoms with Crippen LogP contribution in [0.25, 0.3) is 11.4 Å². The van der Waals surface area contributed by atoms with Crippen molar-refractivity contribution in [2.75, 3.05) is 44.7 Å². The molecule has 0 spiro atoms. The Morgan fingerprint density at radius 2 is 1.71 bits per heavy atom. The van der Waals surface area contributed by atoms with Crippen molar-refractivity contribution < 1.29 is 9.13 Å². The summed E-state index contributed by atoms with van der Waals surface area (Å²) in [5.41, 5.74) is 2.73. The minimum absolute atomic E-state index is 0.217. The van der Waals surface area contributed by atoms with Gasteiger partial charge in [-0.15, -0.1) is 0 Å². The SMILES string of the molecule is Cc1ncc(-c2nc(Nc3ccc(CN4CCC(N5CCCC5)CC4)nc3)ncc2F)n1C1CCOCC1. The molecule has 0 atom stereocenters.